The van der Waals surface area contributed by atoms with Crippen LogP contribution in [0.1, 0.15) is 24.3 Å². The van der Waals surface area contributed by atoms with E-state index in [2.05, 4.69) is 4.98 Å². The summed E-state index contributed by atoms with van der Waals surface area (Å²) in [4.78, 5) is 17.7. The molecule has 2 aromatic rings. The van der Waals surface area contributed by atoms with Gasteiger partial charge >= 0.3 is 0 Å². The van der Waals surface area contributed by atoms with Gasteiger partial charge in [0.05, 0.1) is 18.8 Å². The van der Waals surface area contributed by atoms with E-state index in [1.165, 1.54) is 0 Å². The van der Waals surface area contributed by atoms with Crippen molar-refractivity contribution in [1.82, 2.24) is 9.88 Å². The van der Waals surface area contributed by atoms with Crippen LogP contribution >= 0.6 is 0 Å². The first-order valence-corrected chi connectivity index (χ1v) is 6.55. The van der Waals surface area contributed by atoms with Crippen LogP contribution in [0.25, 0.3) is 10.9 Å². The van der Waals surface area contributed by atoms with Gasteiger partial charge in [-0.15, -0.1) is 0 Å². The molecule has 100 valence electrons. The lowest BCUT2D eigenvalue weighted by atomic mass is 10.0. The van der Waals surface area contributed by atoms with Crippen LogP contribution < -0.4 is 0 Å². The van der Waals surface area contributed by atoms with Crippen molar-refractivity contribution in [3.8, 4) is 0 Å². The highest BCUT2D eigenvalue weighted by Crippen LogP contribution is 2.23. The minimum atomic E-state index is -0.257. The van der Waals surface area contributed by atoms with Crippen LogP contribution in [0.4, 0.5) is 0 Å². The van der Waals surface area contributed by atoms with Crippen LogP contribution in [0.3, 0.4) is 0 Å². The zero-order chi connectivity index (χ0) is 13.5. The number of H-pyrrole nitrogens is 1. The lowest BCUT2D eigenvalue weighted by molar-refractivity contribution is -0.0372. The summed E-state index contributed by atoms with van der Waals surface area (Å²) in [6.45, 7) is 5.90. The predicted molar refractivity (Wildman–Crippen MR) is 74.2 cm³/mol. The molecular formula is C15H18N2O2. The zero-order valence-corrected chi connectivity index (χ0v) is 11.3. The van der Waals surface area contributed by atoms with Gasteiger partial charge in [-0.2, -0.15) is 0 Å². The average molecular weight is 258 g/mol. The molecule has 2 heterocycles. The summed E-state index contributed by atoms with van der Waals surface area (Å²) in [6.07, 6.45) is 0. The molecule has 4 nitrogen and oxygen atoms in total. The molecular weight excluding hydrogens is 240 g/mol. The van der Waals surface area contributed by atoms with Gasteiger partial charge in [0.1, 0.15) is 5.69 Å². The Morgan fingerprint density at radius 3 is 2.89 bits per heavy atom. The van der Waals surface area contributed by atoms with Gasteiger partial charge in [0.2, 0.25) is 0 Å². The van der Waals surface area contributed by atoms with Gasteiger partial charge in [0.15, 0.2) is 0 Å². The second-order valence-electron chi connectivity index (χ2n) is 5.59. The highest BCUT2D eigenvalue weighted by atomic mass is 16.5. The van der Waals surface area contributed by atoms with Gasteiger partial charge < -0.3 is 14.6 Å². The van der Waals surface area contributed by atoms with E-state index in [9.17, 15) is 4.79 Å². The molecule has 1 amide bonds. The van der Waals surface area contributed by atoms with Crippen molar-refractivity contribution in [3.63, 3.8) is 0 Å². The fourth-order valence-electron chi connectivity index (χ4n) is 2.57. The largest absolute Gasteiger partial charge is 0.377 e. The number of nitrogens with one attached hydrogen (secondary N) is 1. The van der Waals surface area contributed by atoms with Crippen molar-refractivity contribution in [1.29, 1.82) is 0 Å². The normalized spacial score (nSPS) is 18.7. The minimum absolute atomic E-state index is 0.0458. The SMILES string of the molecule is CC1(C)COCCN1C(=O)c1cc2ccccc2[nH]1. The number of morpholine rings is 1. The lowest BCUT2D eigenvalue weighted by Crippen LogP contribution is -2.55. The van der Waals surface area contributed by atoms with Gasteiger partial charge in [0.25, 0.3) is 5.91 Å². The first-order chi connectivity index (χ1) is 9.08. The van der Waals surface area contributed by atoms with E-state index >= 15 is 0 Å². The number of benzene rings is 1. The Labute approximate surface area is 112 Å². The number of hydrogen-bond donors (Lipinski definition) is 1. The maximum Gasteiger partial charge on any atom is 0.270 e. The molecule has 1 aliphatic heterocycles. The van der Waals surface area contributed by atoms with Gasteiger partial charge in [-0.25, -0.2) is 0 Å². The molecule has 1 aromatic heterocycles. The molecule has 0 aliphatic carbocycles. The number of aromatic nitrogens is 1. The zero-order valence-electron chi connectivity index (χ0n) is 11.3. The van der Waals surface area contributed by atoms with Gasteiger partial charge in [-0.3, -0.25) is 4.79 Å². The molecule has 0 radical (unpaired) electrons. The smallest absolute Gasteiger partial charge is 0.270 e. The topological polar surface area (TPSA) is 45.3 Å². The maximum atomic E-state index is 12.6. The third-order valence-corrected chi connectivity index (χ3v) is 3.65. The van der Waals surface area contributed by atoms with E-state index in [0.29, 0.717) is 25.5 Å². The number of fused-ring (bicyclic) bond motifs is 1. The minimum Gasteiger partial charge on any atom is -0.377 e. The molecule has 3 rings (SSSR count). The van der Waals surface area contributed by atoms with Crippen LogP contribution in [0.15, 0.2) is 30.3 Å². The average Bonchev–Trinajstić information content (AvgIpc) is 2.81. The third kappa shape index (κ3) is 2.12. The summed E-state index contributed by atoms with van der Waals surface area (Å²) in [5.74, 6) is 0.0458. The fraction of sp³-hybridized carbons (Fsp3) is 0.400. The first kappa shape index (κ1) is 12.2. The van der Waals surface area contributed by atoms with E-state index in [1.807, 2.05) is 49.1 Å². The monoisotopic (exact) mass is 258 g/mol. The van der Waals surface area contributed by atoms with Gasteiger partial charge in [-0.1, -0.05) is 18.2 Å². The lowest BCUT2D eigenvalue weighted by Gasteiger charge is -2.41. The molecule has 0 saturated carbocycles. The van der Waals surface area contributed by atoms with E-state index in [4.69, 9.17) is 4.74 Å². The number of carbonyl (C=O) groups is 1. The predicted octanol–water partition coefficient (Wildman–Crippen LogP) is 2.42. The van der Waals surface area contributed by atoms with Crippen LogP contribution in [-0.4, -0.2) is 41.1 Å². The van der Waals surface area contributed by atoms with E-state index < -0.39 is 0 Å². The molecule has 1 saturated heterocycles. The molecule has 4 heteroatoms. The third-order valence-electron chi connectivity index (χ3n) is 3.65. The Bertz CT molecular complexity index is 582. The Balaban J connectivity index is 1.94. The van der Waals surface area contributed by atoms with Crippen LogP contribution in [0.2, 0.25) is 0 Å². The number of para-hydroxylation sites is 1. The molecule has 1 N–H and O–H groups in total. The highest BCUT2D eigenvalue weighted by Gasteiger charge is 2.35. The quantitative estimate of drug-likeness (QED) is 0.853. The molecule has 0 bridgehead atoms. The summed E-state index contributed by atoms with van der Waals surface area (Å²) in [5, 5.41) is 1.07. The Morgan fingerprint density at radius 2 is 2.16 bits per heavy atom. The van der Waals surface area contributed by atoms with Crippen LogP contribution in [0.5, 0.6) is 0 Å². The summed E-state index contributed by atoms with van der Waals surface area (Å²) >= 11 is 0. The van der Waals surface area contributed by atoms with Crippen LogP contribution in [-0.2, 0) is 4.74 Å². The summed E-state index contributed by atoms with van der Waals surface area (Å²) < 4.78 is 5.46. The molecule has 1 fully saturated rings. The number of ether oxygens (including phenoxy) is 1. The Morgan fingerprint density at radius 1 is 1.37 bits per heavy atom. The van der Waals surface area contributed by atoms with Crippen molar-refractivity contribution < 1.29 is 9.53 Å². The van der Waals surface area contributed by atoms with E-state index in [-0.39, 0.29) is 11.4 Å². The second kappa shape index (κ2) is 4.38. The molecule has 1 aliphatic rings. The number of amides is 1. The fourth-order valence-corrected chi connectivity index (χ4v) is 2.57. The number of rotatable bonds is 1. The number of carbonyl (C=O) groups excluding carboxylic acids is 1. The van der Waals surface area contributed by atoms with Crippen molar-refractivity contribution in [2.75, 3.05) is 19.8 Å². The standard InChI is InChI=1S/C15H18N2O2/c1-15(2)10-19-8-7-17(15)14(18)13-9-11-5-3-4-6-12(11)16-13/h3-6,9,16H,7-8,10H2,1-2H3. The molecule has 19 heavy (non-hydrogen) atoms. The van der Waals surface area contributed by atoms with Gasteiger partial charge in [-0.05, 0) is 26.0 Å². The Hall–Kier alpha value is -1.81. The van der Waals surface area contributed by atoms with Gasteiger partial charge in [0, 0.05) is 17.4 Å². The maximum absolute atomic E-state index is 12.6. The highest BCUT2D eigenvalue weighted by molar-refractivity contribution is 5.98. The number of aromatic amines is 1. The number of nitrogens with zero attached hydrogens (tertiary/aromatic N) is 1. The van der Waals surface area contributed by atoms with Crippen molar-refractivity contribution in [2.45, 2.75) is 19.4 Å². The second-order valence-corrected chi connectivity index (χ2v) is 5.59. The van der Waals surface area contributed by atoms with E-state index in [1.54, 1.807) is 0 Å². The van der Waals surface area contributed by atoms with Crippen molar-refractivity contribution in [3.05, 3.63) is 36.0 Å². The Kier molecular flexibility index (Phi) is 2.82. The first-order valence-electron chi connectivity index (χ1n) is 6.55. The van der Waals surface area contributed by atoms with Crippen molar-refractivity contribution in [2.24, 2.45) is 0 Å². The number of hydrogen-bond acceptors (Lipinski definition) is 2. The molecule has 0 atom stereocenters. The van der Waals surface area contributed by atoms with E-state index in [0.717, 1.165) is 10.9 Å². The van der Waals surface area contributed by atoms with Crippen molar-refractivity contribution >= 4 is 16.8 Å². The van der Waals surface area contributed by atoms with Crippen LogP contribution in [0, 0.1) is 0 Å². The molecule has 0 spiro atoms. The summed E-state index contributed by atoms with van der Waals surface area (Å²) in [7, 11) is 0. The summed E-state index contributed by atoms with van der Waals surface area (Å²) in [5.41, 5.74) is 1.39. The molecule has 0 unspecified atom stereocenters. The molecule has 1 aromatic carbocycles. The summed E-state index contributed by atoms with van der Waals surface area (Å²) in [6, 6.07) is 9.85.